The van der Waals surface area contributed by atoms with Gasteiger partial charge in [0.25, 0.3) is 5.91 Å². The smallest absolute Gasteiger partial charge is 0.276 e. The Hall–Kier alpha value is -2.09. The minimum absolute atomic E-state index is 0.151. The first-order valence-corrected chi connectivity index (χ1v) is 9.92. The Morgan fingerprint density at radius 3 is 2.39 bits per heavy atom. The van der Waals surface area contributed by atoms with Crippen molar-refractivity contribution in [2.24, 2.45) is 0 Å². The number of carbonyl (C=O) groups is 1. The molecule has 0 spiro atoms. The molecule has 0 saturated carbocycles. The van der Waals surface area contributed by atoms with E-state index in [0.29, 0.717) is 33.9 Å². The average Bonchev–Trinajstić information content (AvgIpc) is 2.86. The monoisotopic (exact) mass is 480 g/mol. The number of carbonyl (C=O) groups excluding carboxylic acids is 1. The van der Waals surface area contributed by atoms with Crippen LogP contribution < -0.4 is 9.47 Å². The van der Waals surface area contributed by atoms with Gasteiger partial charge in [-0.25, -0.2) is 0 Å². The Morgan fingerprint density at radius 1 is 1.14 bits per heavy atom. The van der Waals surface area contributed by atoms with Crippen molar-refractivity contribution in [2.45, 2.75) is 6.61 Å². The fourth-order valence-electron chi connectivity index (χ4n) is 2.71. The number of ether oxygens (including phenoxy) is 2. The molecule has 1 aliphatic heterocycles. The van der Waals surface area contributed by atoms with Crippen molar-refractivity contribution in [3.05, 3.63) is 62.7 Å². The summed E-state index contributed by atoms with van der Waals surface area (Å²) in [6.07, 6.45) is 1.77. The van der Waals surface area contributed by atoms with Crippen LogP contribution in [0.15, 0.2) is 46.6 Å². The molecule has 1 fully saturated rings. The summed E-state index contributed by atoms with van der Waals surface area (Å²) < 4.78 is 12.2. The SMILES string of the molecule is COc1cc(/C=C2/C(=O)N(C)C(=S)N2C)c(Br)cc1OCc1ccc(Cl)cc1. The second-order valence-corrected chi connectivity index (χ2v) is 7.83. The third kappa shape index (κ3) is 4.16. The number of benzene rings is 2. The third-order valence-electron chi connectivity index (χ3n) is 4.34. The summed E-state index contributed by atoms with van der Waals surface area (Å²) in [7, 11) is 5.00. The molecule has 1 saturated heterocycles. The Labute approximate surface area is 182 Å². The van der Waals surface area contributed by atoms with Gasteiger partial charge in [0.2, 0.25) is 0 Å². The number of hydrogen-bond acceptors (Lipinski definition) is 4. The van der Waals surface area contributed by atoms with Crippen molar-refractivity contribution >= 4 is 56.8 Å². The molecule has 1 amide bonds. The number of likely N-dealkylation sites (N-methyl/N-ethyl adjacent to an activating group) is 2. The summed E-state index contributed by atoms with van der Waals surface area (Å²) in [4.78, 5) is 15.5. The quantitative estimate of drug-likeness (QED) is 0.457. The number of methoxy groups -OCH3 is 1. The summed E-state index contributed by atoms with van der Waals surface area (Å²) >= 11 is 14.7. The highest BCUT2D eigenvalue weighted by Crippen LogP contribution is 2.36. The minimum atomic E-state index is -0.151. The van der Waals surface area contributed by atoms with E-state index >= 15 is 0 Å². The molecule has 0 N–H and O–H groups in total. The Morgan fingerprint density at radius 2 is 1.82 bits per heavy atom. The van der Waals surface area contributed by atoms with E-state index in [1.54, 1.807) is 32.2 Å². The second-order valence-electron chi connectivity index (χ2n) is 6.18. The number of nitrogens with zero attached hydrogens (tertiary/aromatic N) is 2. The molecule has 28 heavy (non-hydrogen) atoms. The maximum atomic E-state index is 12.4. The zero-order valence-corrected chi connectivity index (χ0v) is 18.7. The normalized spacial score (nSPS) is 15.5. The van der Waals surface area contributed by atoms with Crippen LogP contribution >= 0.6 is 39.7 Å². The molecule has 2 aromatic rings. The van der Waals surface area contributed by atoms with Crippen molar-refractivity contribution < 1.29 is 14.3 Å². The molecule has 0 aromatic heterocycles. The lowest BCUT2D eigenvalue weighted by Gasteiger charge is -2.14. The first-order valence-electron chi connectivity index (χ1n) is 8.34. The highest BCUT2D eigenvalue weighted by atomic mass is 79.9. The van der Waals surface area contributed by atoms with Gasteiger partial charge >= 0.3 is 0 Å². The van der Waals surface area contributed by atoms with Crippen LogP contribution in [0.3, 0.4) is 0 Å². The van der Waals surface area contributed by atoms with Gasteiger partial charge in [0.15, 0.2) is 16.6 Å². The lowest BCUT2D eigenvalue weighted by atomic mass is 10.1. The molecule has 1 heterocycles. The zero-order chi connectivity index (χ0) is 20.4. The number of hydrogen-bond donors (Lipinski definition) is 0. The van der Waals surface area contributed by atoms with Gasteiger partial charge in [-0.2, -0.15) is 0 Å². The van der Waals surface area contributed by atoms with Crippen molar-refractivity contribution in [3.8, 4) is 11.5 Å². The van der Waals surface area contributed by atoms with E-state index < -0.39 is 0 Å². The number of amides is 1. The van der Waals surface area contributed by atoms with Crippen LogP contribution in [0.4, 0.5) is 0 Å². The highest BCUT2D eigenvalue weighted by molar-refractivity contribution is 9.10. The van der Waals surface area contributed by atoms with Gasteiger partial charge in [-0.1, -0.05) is 39.7 Å². The van der Waals surface area contributed by atoms with Gasteiger partial charge in [-0.3, -0.25) is 9.69 Å². The lowest BCUT2D eigenvalue weighted by Crippen LogP contribution is -2.26. The molecule has 0 aliphatic carbocycles. The first kappa shape index (κ1) is 20.6. The predicted octanol–water partition coefficient (Wildman–Crippen LogP) is 4.72. The van der Waals surface area contributed by atoms with Crippen LogP contribution in [0.2, 0.25) is 5.02 Å². The summed E-state index contributed by atoms with van der Waals surface area (Å²) in [5.41, 5.74) is 2.26. The number of thiocarbonyl (C=S) groups is 1. The fraction of sp³-hybridized carbons (Fsp3) is 0.200. The van der Waals surface area contributed by atoms with E-state index in [9.17, 15) is 4.79 Å². The molecule has 5 nitrogen and oxygen atoms in total. The van der Waals surface area contributed by atoms with Gasteiger partial charge in [0.05, 0.1) is 7.11 Å². The molecule has 1 aliphatic rings. The summed E-state index contributed by atoms with van der Waals surface area (Å²) in [5.74, 6) is 1.000. The van der Waals surface area contributed by atoms with E-state index in [0.717, 1.165) is 15.6 Å². The highest BCUT2D eigenvalue weighted by Gasteiger charge is 2.32. The van der Waals surface area contributed by atoms with Crippen molar-refractivity contribution in [1.82, 2.24) is 9.80 Å². The molecule has 0 bridgehead atoms. The molecular formula is C20H18BrClN2O3S. The van der Waals surface area contributed by atoms with Crippen LogP contribution in [0.5, 0.6) is 11.5 Å². The van der Waals surface area contributed by atoms with E-state index in [1.807, 2.05) is 36.4 Å². The number of halogens is 2. The lowest BCUT2D eigenvalue weighted by molar-refractivity contribution is -0.121. The van der Waals surface area contributed by atoms with Crippen LogP contribution in [-0.4, -0.2) is 42.0 Å². The van der Waals surface area contributed by atoms with Crippen LogP contribution in [-0.2, 0) is 11.4 Å². The van der Waals surface area contributed by atoms with Crippen molar-refractivity contribution in [2.75, 3.05) is 21.2 Å². The first-order chi connectivity index (χ1) is 13.3. The van der Waals surface area contributed by atoms with Gasteiger partial charge in [0, 0.05) is 23.6 Å². The largest absolute Gasteiger partial charge is 0.493 e. The van der Waals surface area contributed by atoms with Crippen LogP contribution in [0, 0.1) is 0 Å². The number of rotatable bonds is 5. The molecule has 0 unspecified atom stereocenters. The fourth-order valence-corrected chi connectivity index (χ4v) is 3.46. The molecule has 2 aromatic carbocycles. The average molecular weight is 482 g/mol. The summed E-state index contributed by atoms with van der Waals surface area (Å²) in [6, 6.07) is 11.1. The Bertz CT molecular complexity index is 963. The van der Waals surface area contributed by atoms with Crippen molar-refractivity contribution in [1.29, 1.82) is 0 Å². The second kappa shape index (κ2) is 8.51. The maximum absolute atomic E-state index is 12.4. The topological polar surface area (TPSA) is 42.0 Å². The zero-order valence-electron chi connectivity index (χ0n) is 15.5. The Kier molecular flexibility index (Phi) is 6.27. The predicted molar refractivity (Wildman–Crippen MR) is 118 cm³/mol. The van der Waals surface area contributed by atoms with Crippen LogP contribution in [0.25, 0.3) is 6.08 Å². The van der Waals surface area contributed by atoms with E-state index in [-0.39, 0.29) is 5.91 Å². The standard InChI is InChI=1S/C20H18BrClN2O3S/c1-23-16(19(25)24(2)20(23)28)8-13-9-17(26-3)18(10-15(13)21)27-11-12-4-6-14(22)7-5-12/h4-10H,11H2,1-3H3/b16-8-. The van der Waals surface area contributed by atoms with Crippen LogP contribution in [0.1, 0.15) is 11.1 Å². The van der Waals surface area contributed by atoms with Gasteiger partial charge in [0.1, 0.15) is 12.3 Å². The Balaban J connectivity index is 1.87. The van der Waals surface area contributed by atoms with Crippen molar-refractivity contribution in [3.63, 3.8) is 0 Å². The van der Waals surface area contributed by atoms with E-state index in [1.165, 1.54) is 4.90 Å². The van der Waals surface area contributed by atoms with Gasteiger partial charge in [-0.15, -0.1) is 0 Å². The third-order valence-corrected chi connectivity index (χ3v) is 5.83. The molecule has 146 valence electrons. The molecule has 0 radical (unpaired) electrons. The minimum Gasteiger partial charge on any atom is -0.493 e. The van der Waals surface area contributed by atoms with E-state index in [4.69, 9.17) is 33.3 Å². The molecular weight excluding hydrogens is 464 g/mol. The maximum Gasteiger partial charge on any atom is 0.276 e. The molecule has 8 heteroatoms. The molecule has 3 rings (SSSR count). The summed E-state index contributed by atoms with van der Waals surface area (Å²) in [5, 5.41) is 1.14. The molecule has 0 atom stereocenters. The van der Waals surface area contributed by atoms with Gasteiger partial charge in [-0.05, 0) is 53.7 Å². The van der Waals surface area contributed by atoms with E-state index in [2.05, 4.69) is 15.9 Å². The van der Waals surface area contributed by atoms with Gasteiger partial charge < -0.3 is 14.4 Å². The summed E-state index contributed by atoms with van der Waals surface area (Å²) in [6.45, 7) is 0.376.